The van der Waals surface area contributed by atoms with Crippen molar-refractivity contribution in [1.82, 2.24) is 4.98 Å². The SMILES string of the molecule is CS(=O)(=O)c1cc([N+](=O)[O-])c(C(=O)O)c2ncc(Cl)cc12. The lowest BCUT2D eigenvalue weighted by molar-refractivity contribution is -0.385. The minimum atomic E-state index is -3.84. The summed E-state index contributed by atoms with van der Waals surface area (Å²) in [5, 5.41) is 20.2. The van der Waals surface area contributed by atoms with Crippen LogP contribution in [-0.2, 0) is 9.84 Å². The Labute approximate surface area is 123 Å². The van der Waals surface area contributed by atoms with E-state index in [0.29, 0.717) is 6.07 Å². The Balaban J connectivity index is 3.13. The molecule has 2 aromatic rings. The quantitative estimate of drug-likeness (QED) is 0.672. The number of aromatic carboxylic acids is 1. The van der Waals surface area contributed by atoms with Gasteiger partial charge < -0.3 is 5.11 Å². The summed E-state index contributed by atoms with van der Waals surface area (Å²) in [5.41, 5.74) is -1.83. The lowest BCUT2D eigenvalue weighted by Gasteiger charge is -2.08. The molecule has 0 saturated carbocycles. The molecule has 1 aromatic heterocycles. The summed E-state index contributed by atoms with van der Waals surface area (Å²) in [5.74, 6) is -1.58. The van der Waals surface area contributed by atoms with E-state index in [2.05, 4.69) is 4.98 Å². The first-order chi connectivity index (χ1) is 9.62. The summed E-state index contributed by atoms with van der Waals surface area (Å²) in [7, 11) is -3.84. The number of nitro groups is 1. The van der Waals surface area contributed by atoms with Crippen LogP contribution in [0.25, 0.3) is 10.9 Å². The molecule has 2 rings (SSSR count). The van der Waals surface area contributed by atoms with Gasteiger partial charge >= 0.3 is 5.97 Å². The highest BCUT2D eigenvalue weighted by Crippen LogP contribution is 2.33. The summed E-state index contributed by atoms with van der Waals surface area (Å²) in [6.45, 7) is 0. The van der Waals surface area contributed by atoms with Crippen LogP contribution in [-0.4, -0.2) is 35.7 Å². The van der Waals surface area contributed by atoms with Crippen LogP contribution in [0.5, 0.6) is 0 Å². The standard InChI is InChI=1S/C11H7ClN2O6S/c1-21(19,20)8-3-7(14(17)18)9(11(15)16)10-6(8)2-5(12)4-13-10/h2-4H,1H3,(H,15,16). The van der Waals surface area contributed by atoms with Gasteiger partial charge in [-0.25, -0.2) is 13.2 Å². The Morgan fingerprint density at radius 3 is 2.52 bits per heavy atom. The molecule has 0 amide bonds. The minimum absolute atomic E-state index is 0.0759. The molecule has 0 spiro atoms. The molecule has 0 aliphatic carbocycles. The van der Waals surface area contributed by atoms with E-state index >= 15 is 0 Å². The van der Waals surface area contributed by atoms with E-state index in [1.807, 2.05) is 0 Å². The highest BCUT2D eigenvalue weighted by Gasteiger charge is 2.29. The molecule has 0 saturated heterocycles. The largest absolute Gasteiger partial charge is 0.477 e. The molecule has 0 aliphatic rings. The fourth-order valence-corrected chi connectivity index (χ4v) is 2.92. The van der Waals surface area contributed by atoms with Crippen molar-refractivity contribution in [2.45, 2.75) is 4.90 Å². The van der Waals surface area contributed by atoms with E-state index in [0.717, 1.165) is 12.5 Å². The number of nitro benzene ring substituents is 1. The first-order valence-corrected chi connectivity index (χ1v) is 7.60. The van der Waals surface area contributed by atoms with Crippen molar-refractivity contribution in [3.8, 4) is 0 Å². The van der Waals surface area contributed by atoms with Gasteiger partial charge in [0.25, 0.3) is 5.69 Å². The summed E-state index contributed by atoms with van der Waals surface area (Å²) < 4.78 is 23.5. The van der Waals surface area contributed by atoms with Gasteiger partial charge in [0.2, 0.25) is 0 Å². The number of hydrogen-bond donors (Lipinski definition) is 1. The molecule has 0 aliphatic heterocycles. The Morgan fingerprint density at radius 1 is 1.43 bits per heavy atom. The highest BCUT2D eigenvalue weighted by molar-refractivity contribution is 7.91. The number of aromatic nitrogens is 1. The number of carbonyl (C=O) groups is 1. The highest BCUT2D eigenvalue weighted by atomic mass is 35.5. The number of hydrogen-bond acceptors (Lipinski definition) is 6. The number of halogens is 1. The monoisotopic (exact) mass is 330 g/mol. The Hall–Kier alpha value is -2.26. The van der Waals surface area contributed by atoms with Gasteiger partial charge in [-0.3, -0.25) is 15.1 Å². The molecule has 0 atom stereocenters. The van der Waals surface area contributed by atoms with Crippen LogP contribution in [0.1, 0.15) is 10.4 Å². The van der Waals surface area contributed by atoms with Crippen molar-refractivity contribution in [1.29, 1.82) is 0 Å². The van der Waals surface area contributed by atoms with Gasteiger partial charge in [-0.15, -0.1) is 0 Å². The van der Waals surface area contributed by atoms with E-state index in [1.54, 1.807) is 0 Å². The van der Waals surface area contributed by atoms with Crippen molar-refractivity contribution in [2.24, 2.45) is 0 Å². The molecule has 21 heavy (non-hydrogen) atoms. The van der Waals surface area contributed by atoms with Crippen molar-refractivity contribution in [2.75, 3.05) is 6.26 Å². The van der Waals surface area contributed by atoms with Gasteiger partial charge in [-0.2, -0.15) is 0 Å². The molecule has 1 heterocycles. The van der Waals surface area contributed by atoms with E-state index < -0.39 is 36.9 Å². The van der Waals surface area contributed by atoms with Crippen molar-refractivity contribution < 1.29 is 23.2 Å². The number of sulfone groups is 1. The number of rotatable bonds is 3. The Kier molecular flexibility index (Phi) is 3.56. The molecule has 0 radical (unpaired) electrons. The van der Waals surface area contributed by atoms with E-state index in [-0.39, 0.29) is 15.9 Å². The first kappa shape index (κ1) is 15.1. The predicted octanol–water partition coefficient (Wildman–Crippen LogP) is 1.90. The number of fused-ring (bicyclic) bond motifs is 1. The molecule has 0 fully saturated rings. The van der Waals surface area contributed by atoms with Crippen molar-refractivity contribution in [3.05, 3.63) is 39.0 Å². The maximum atomic E-state index is 11.8. The lowest BCUT2D eigenvalue weighted by Crippen LogP contribution is -2.08. The second-order valence-corrected chi connectivity index (χ2v) is 6.57. The number of benzene rings is 1. The summed E-state index contributed by atoms with van der Waals surface area (Å²) in [4.78, 5) is 24.6. The number of nitrogens with zero attached hydrogens (tertiary/aromatic N) is 2. The van der Waals surface area contributed by atoms with E-state index in [4.69, 9.17) is 16.7 Å². The fourth-order valence-electron chi connectivity index (χ4n) is 1.88. The zero-order valence-electron chi connectivity index (χ0n) is 10.4. The number of pyridine rings is 1. The van der Waals surface area contributed by atoms with Crippen molar-refractivity contribution in [3.63, 3.8) is 0 Å². The summed E-state index contributed by atoms with van der Waals surface area (Å²) in [6.07, 6.45) is 1.94. The van der Waals surface area contributed by atoms with E-state index in [9.17, 15) is 23.3 Å². The van der Waals surface area contributed by atoms with Crippen LogP contribution >= 0.6 is 11.6 Å². The van der Waals surface area contributed by atoms with E-state index in [1.165, 1.54) is 6.07 Å². The normalized spacial score (nSPS) is 11.5. The van der Waals surface area contributed by atoms with Gasteiger partial charge in [-0.1, -0.05) is 11.6 Å². The molecule has 10 heteroatoms. The van der Waals surface area contributed by atoms with Crippen molar-refractivity contribution >= 4 is 44.0 Å². The molecule has 110 valence electrons. The van der Waals surface area contributed by atoms with Crippen LogP contribution in [0, 0.1) is 10.1 Å². The Morgan fingerprint density at radius 2 is 2.05 bits per heavy atom. The summed E-state index contributed by atoms with van der Waals surface area (Å²) in [6, 6.07) is 1.91. The minimum Gasteiger partial charge on any atom is -0.477 e. The third kappa shape index (κ3) is 2.65. The van der Waals surface area contributed by atoms with Crippen LogP contribution in [0.2, 0.25) is 5.02 Å². The first-order valence-electron chi connectivity index (χ1n) is 5.33. The maximum Gasteiger partial charge on any atom is 0.345 e. The average Bonchev–Trinajstić information content (AvgIpc) is 2.34. The number of carboxylic acids is 1. The average molecular weight is 331 g/mol. The predicted molar refractivity (Wildman–Crippen MR) is 73.5 cm³/mol. The second kappa shape index (κ2) is 4.93. The van der Waals surface area contributed by atoms with Gasteiger partial charge in [-0.05, 0) is 6.07 Å². The van der Waals surface area contributed by atoms with Gasteiger partial charge in [0.15, 0.2) is 15.4 Å². The third-order valence-electron chi connectivity index (χ3n) is 2.69. The molecule has 0 bridgehead atoms. The molecular formula is C11H7ClN2O6S. The zero-order valence-corrected chi connectivity index (χ0v) is 12.0. The maximum absolute atomic E-state index is 11.8. The number of carboxylic acid groups (broad SMARTS) is 1. The fraction of sp³-hybridized carbons (Fsp3) is 0.0909. The van der Waals surface area contributed by atoms with Gasteiger partial charge in [0.1, 0.15) is 0 Å². The van der Waals surface area contributed by atoms with Crippen LogP contribution in [0.15, 0.2) is 23.2 Å². The Bertz CT molecular complexity index is 893. The smallest absolute Gasteiger partial charge is 0.345 e. The third-order valence-corrected chi connectivity index (χ3v) is 4.03. The molecule has 0 unspecified atom stereocenters. The molecular weight excluding hydrogens is 324 g/mol. The van der Waals surface area contributed by atoms with Crippen LogP contribution in [0.4, 0.5) is 5.69 Å². The molecule has 1 N–H and O–H groups in total. The van der Waals surface area contributed by atoms with Gasteiger partial charge in [0, 0.05) is 23.9 Å². The van der Waals surface area contributed by atoms with Gasteiger partial charge in [0.05, 0.1) is 20.4 Å². The molecule has 8 nitrogen and oxygen atoms in total. The van der Waals surface area contributed by atoms with Crippen LogP contribution in [0.3, 0.4) is 0 Å². The summed E-state index contributed by atoms with van der Waals surface area (Å²) >= 11 is 5.74. The lowest BCUT2D eigenvalue weighted by atomic mass is 10.1. The molecule has 1 aromatic carbocycles. The second-order valence-electron chi connectivity index (χ2n) is 4.15. The van der Waals surface area contributed by atoms with Crippen LogP contribution < -0.4 is 0 Å². The zero-order chi connectivity index (χ0) is 15.9. The topological polar surface area (TPSA) is 127 Å².